The first-order valence-corrected chi connectivity index (χ1v) is 6.81. The Morgan fingerprint density at radius 3 is 2.52 bits per heavy atom. The maximum absolute atomic E-state index is 12.8. The summed E-state index contributed by atoms with van der Waals surface area (Å²) in [5.74, 6) is 0.230. The van der Waals surface area contributed by atoms with Gasteiger partial charge in [-0.05, 0) is 42.3 Å². The molecule has 0 amide bonds. The van der Waals surface area contributed by atoms with Gasteiger partial charge in [-0.3, -0.25) is 4.79 Å². The summed E-state index contributed by atoms with van der Waals surface area (Å²) < 4.78 is 18.4. The van der Waals surface area contributed by atoms with Crippen LogP contribution in [-0.2, 0) is 6.42 Å². The van der Waals surface area contributed by atoms with Crippen LogP contribution in [0.1, 0.15) is 22.3 Å². The molecule has 0 spiro atoms. The van der Waals surface area contributed by atoms with Crippen molar-refractivity contribution in [3.8, 4) is 5.75 Å². The van der Waals surface area contributed by atoms with E-state index in [1.807, 2.05) is 24.3 Å². The van der Waals surface area contributed by atoms with Crippen LogP contribution < -0.4 is 4.74 Å². The number of rotatable bonds is 7. The minimum Gasteiger partial charge on any atom is -0.493 e. The molecule has 0 fully saturated rings. The number of hydrogen-bond donors (Lipinski definition) is 1. The number of para-hydroxylation sites is 1. The number of benzene rings is 2. The Kier molecular flexibility index (Phi) is 5.46. The van der Waals surface area contributed by atoms with Crippen molar-refractivity contribution in [1.29, 1.82) is 0 Å². The maximum atomic E-state index is 12.8. The highest BCUT2D eigenvalue weighted by Crippen LogP contribution is 2.18. The zero-order chi connectivity index (χ0) is 15.1. The number of aliphatic hydroxyl groups is 1. The lowest BCUT2D eigenvalue weighted by atomic mass is 10.1. The van der Waals surface area contributed by atoms with Crippen LogP contribution in [0.3, 0.4) is 0 Å². The molecule has 3 nitrogen and oxygen atoms in total. The zero-order valence-corrected chi connectivity index (χ0v) is 11.6. The van der Waals surface area contributed by atoms with Gasteiger partial charge >= 0.3 is 0 Å². The number of aliphatic hydroxyl groups excluding tert-OH is 1. The van der Waals surface area contributed by atoms with Crippen LogP contribution in [0.4, 0.5) is 4.39 Å². The van der Waals surface area contributed by atoms with Gasteiger partial charge in [-0.15, -0.1) is 0 Å². The number of ketones is 1. The molecule has 0 atom stereocenters. The van der Waals surface area contributed by atoms with Crippen LogP contribution in [0, 0.1) is 5.82 Å². The molecule has 0 aromatic heterocycles. The molecule has 2 rings (SSSR count). The Labute approximate surface area is 123 Å². The second-order valence-electron chi connectivity index (χ2n) is 4.61. The largest absolute Gasteiger partial charge is 0.493 e. The molecule has 0 saturated heterocycles. The smallest absolute Gasteiger partial charge is 0.166 e. The number of carbonyl (C=O) groups is 1. The highest BCUT2D eigenvalue weighted by Gasteiger charge is 2.07. The van der Waals surface area contributed by atoms with Crippen molar-refractivity contribution >= 4 is 5.78 Å². The first-order valence-electron chi connectivity index (χ1n) is 6.81. The first-order chi connectivity index (χ1) is 10.2. The number of Topliss-reactive ketones (excluding diaryl/α,β-unsaturated/α-hetero) is 1. The molecule has 0 aliphatic rings. The molecular formula is C17H17FO3. The second-order valence-corrected chi connectivity index (χ2v) is 4.61. The van der Waals surface area contributed by atoms with Crippen molar-refractivity contribution < 1.29 is 19.0 Å². The van der Waals surface area contributed by atoms with Crippen molar-refractivity contribution in [2.75, 3.05) is 13.2 Å². The number of halogens is 1. The van der Waals surface area contributed by atoms with E-state index in [2.05, 4.69) is 0 Å². The molecule has 0 radical (unpaired) electrons. The molecular weight excluding hydrogens is 271 g/mol. The average molecular weight is 288 g/mol. The number of carbonyl (C=O) groups excluding carboxylic acids is 1. The summed E-state index contributed by atoms with van der Waals surface area (Å²) in [5, 5.41) is 8.99. The summed E-state index contributed by atoms with van der Waals surface area (Å²) >= 11 is 0. The molecule has 1 N–H and O–H groups in total. The van der Waals surface area contributed by atoms with Gasteiger partial charge in [0.05, 0.1) is 6.61 Å². The zero-order valence-electron chi connectivity index (χ0n) is 11.6. The third-order valence-electron chi connectivity index (χ3n) is 3.11. The average Bonchev–Trinajstić information content (AvgIpc) is 2.50. The Morgan fingerprint density at radius 2 is 1.81 bits per heavy atom. The number of ether oxygens (including phenoxy) is 1. The monoisotopic (exact) mass is 288 g/mol. The predicted octanol–water partition coefficient (Wildman–Crippen LogP) is 3.01. The summed E-state index contributed by atoms with van der Waals surface area (Å²) in [6.07, 6.45) is 0.737. The van der Waals surface area contributed by atoms with Crippen LogP contribution >= 0.6 is 0 Å². The van der Waals surface area contributed by atoms with Crippen molar-refractivity contribution in [3.05, 3.63) is 65.5 Å². The summed E-state index contributed by atoms with van der Waals surface area (Å²) in [6.45, 7) is 0.299. The van der Waals surface area contributed by atoms with E-state index in [9.17, 15) is 9.18 Å². The van der Waals surface area contributed by atoms with E-state index in [-0.39, 0.29) is 31.2 Å². The quantitative estimate of drug-likeness (QED) is 0.797. The van der Waals surface area contributed by atoms with Crippen LogP contribution in [0.2, 0.25) is 0 Å². The van der Waals surface area contributed by atoms with Crippen LogP contribution in [-0.4, -0.2) is 24.1 Å². The Bertz CT molecular complexity index is 593. The van der Waals surface area contributed by atoms with Gasteiger partial charge in [-0.25, -0.2) is 4.39 Å². The highest BCUT2D eigenvalue weighted by molar-refractivity contribution is 5.96. The lowest BCUT2D eigenvalue weighted by Gasteiger charge is -2.10. The third kappa shape index (κ3) is 4.39. The molecule has 0 saturated carbocycles. The van der Waals surface area contributed by atoms with Gasteiger partial charge in [0, 0.05) is 18.6 Å². The summed E-state index contributed by atoms with van der Waals surface area (Å²) in [6, 6.07) is 12.9. The summed E-state index contributed by atoms with van der Waals surface area (Å²) in [5.41, 5.74) is 1.39. The molecule has 21 heavy (non-hydrogen) atoms. The normalized spacial score (nSPS) is 10.4. The van der Waals surface area contributed by atoms with E-state index in [4.69, 9.17) is 9.84 Å². The van der Waals surface area contributed by atoms with E-state index in [0.29, 0.717) is 17.7 Å². The predicted molar refractivity (Wildman–Crippen MR) is 78.1 cm³/mol. The van der Waals surface area contributed by atoms with Crippen molar-refractivity contribution in [2.24, 2.45) is 0 Å². The molecule has 2 aromatic carbocycles. The number of hydrogen-bond acceptors (Lipinski definition) is 3. The van der Waals surface area contributed by atoms with Crippen molar-refractivity contribution in [1.82, 2.24) is 0 Å². The molecule has 0 aliphatic carbocycles. The second kappa shape index (κ2) is 7.55. The first kappa shape index (κ1) is 15.2. The topological polar surface area (TPSA) is 46.5 Å². The molecule has 0 aliphatic heterocycles. The van der Waals surface area contributed by atoms with Crippen molar-refractivity contribution in [3.63, 3.8) is 0 Å². The van der Waals surface area contributed by atoms with Crippen LogP contribution in [0.25, 0.3) is 0 Å². The van der Waals surface area contributed by atoms with Gasteiger partial charge in [-0.2, -0.15) is 0 Å². The van der Waals surface area contributed by atoms with E-state index in [1.54, 1.807) is 0 Å². The minimum absolute atomic E-state index is 0.0505. The lowest BCUT2D eigenvalue weighted by molar-refractivity contribution is 0.0961. The minimum atomic E-state index is -0.360. The Balaban J connectivity index is 1.89. The fraction of sp³-hybridized carbons (Fsp3) is 0.235. The van der Waals surface area contributed by atoms with Gasteiger partial charge < -0.3 is 9.84 Å². The highest BCUT2D eigenvalue weighted by atomic mass is 19.1. The fourth-order valence-corrected chi connectivity index (χ4v) is 2.01. The Morgan fingerprint density at radius 1 is 1.10 bits per heavy atom. The maximum Gasteiger partial charge on any atom is 0.166 e. The molecule has 0 unspecified atom stereocenters. The van der Waals surface area contributed by atoms with Crippen LogP contribution in [0.5, 0.6) is 5.75 Å². The van der Waals surface area contributed by atoms with Gasteiger partial charge in [0.2, 0.25) is 0 Å². The molecule has 4 heteroatoms. The summed E-state index contributed by atoms with van der Waals surface area (Å²) in [4.78, 5) is 11.9. The fourth-order valence-electron chi connectivity index (χ4n) is 2.01. The lowest BCUT2D eigenvalue weighted by Crippen LogP contribution is -2.08. The Hall–Kier alpha value is -2.20. The molecule has 0 bridgehead atoms. The van der Waals surface area contributed by atoms with Gasteiger partial charge in [0.1, 0.15) is 11.6 Å². The molecule has 2 aromatic rings. The van der Waals surface area contributed by atoms with E-state index >= 15 is 0 Å². The van der Waals surface area contributed by atoms with Gasteiger partial charge in [-0.1, -0.05) is 18.2 Å². The summed E-state index contributed by atoms with van der Waals surface area (Å²) in [7, 11) is 0. The van der Waals surface area contributed by atoms with Gasteiger partial charge in [0.25, 0.3) is 0 Å². The van der Waals surface area contributed by atoms with Crippen molar-refractivity contribution in [2.45, 2.75) is 12.8 Å². The standard InChI is InChI=1S/C17H17FO3/c18-15-7-5-13(6-8-15)16(20)10-12-21-17-4-2-1-3-14(17)9-11-19/h1-8,19H,9-12H2. The molecule has 110 valence electrons. The SMILES string of the molecule is O=C(CCOc1ccccc1CCO)c1ccc(F)cc1. The van der Waals surface area contributed by atoms with Crippen LogP contribution in [0.15, 0.2) is 48.5 Å². The van der Waals surface area contributed by atoms with E-state index in [1.165, 1.54) is 24.3 Å². The third-order valence-corrected chi connectivity index (χ3v) is 3.11. The van der Waals surface area contributed by atoms with E-state index in [0.717, 1.165) is 5.56 Å². The van der Waals surface area contributed by atoms with Gasteiger partial charge in [0.15, 0.2) is 5.78 Å². The van der Waals surface area contributed by atoms with E-state index < -0.39 is 0 Å². The molecule has 0 heterocycles.